The molecule has 2 fully saturated rings. The summed E-state index contributed by atoms with van der Waals surface area (Å²) >= 11 is 1.59. The van der Waals surface area contributed by atoms with Gasteiger partial charge in [0.2, 0.25) is 5.95 Å². The number of thiazole rings is 1. The van der Waals surface area contributed by atoms with Crippen molar-refractivity contribution in [2.45, 2.75) is 0 Å². The number of rotatable bonds is 8. The van der Waals surface area contributed by atoms with E-state index in [0.717, 1.165) is 92.1 Å². The molecule has 2 saturated heterocycles. The molecule has 0 atom stereocenters. The SMILES string of the molecule is c1csc(-c2cc3cnc(Nc4ccc(N5CCOCC5)cc4)nc3cc2OCCN2CCOCC2)n1. The molecule has 1 N–H and O–H groups in total. The van der Waals surface area contributed by atoms with Crippen molar-refractivity contribution in [3.63, 3.8) is 0 Å². The van der Waals surface area contributed by atoms with Gasteiger partial charge in [-0.2, -0.15) is 0 Å². The first-order chi connectivity index (χ1) is 18.3. The van der Waals surface area contributed by atoms with E-state index in [1.54, 1.807) is 11.3 Å². The maximum atomic E-state index is 6.29. The first-order valence-corrected chi connectivity index (χ1v) is 13.5. The van der Waals surface area contributed by atoms with Crippen molar-refractivity contribution in [3.8, 4) is 16.3 Å². The Hall–Kier alpha value is -3.31. The lowest BCUT2D eigenvalue weighted by molar-refractivity contribution is 0.0323. The number of anilines is 3. The number of nitrogens with one attached hydrogen (secondary N) is 1. The number of nitrogens with zero attached hydrogens (tertiary/aromatic N) is 5. The second-order valence-corrected chi connectivity index (χ2v) is 9.91. The van der Waals surface area contributed by atoms with Crippen LogP contribution >= 0.6 is 11.3 Å². The zero-order valence-corrected chi connectivity index (χ0v) is 21.5. The molecule has 0 aliphatic carbocycles. The second-order valence-electron chi connectivity index (χ2n) is 9.01. The van der Waals surface area contributed by atoms with Crippen LogP contribution in [0, 0.1) is 0 Å². The quantitative estimate of drug-likeness (QED) is 0.371. The molecule has 192 valence electrons. The molecule has 0 bridgehead atoms. The average Bonchev–Trinajstić information content (AvgIpc) is 3.49. The summed E-state index contributed by atoms with van der Waals surface area (Å²) in [7, 11) is 0. The number of aromatic nitrogens is 3. The Morgan fingerprint density at radius 2 is 1.73 bits per heavy atom. The molecule has 2 aromatic carbocycles. The van der Waals surface area contributed by atoms with Crippen LogP contribution in [0.4, 0.5) is 17.3 Å². The molecule has 0 spiro atoms. The highest BCUT2D eigenvalue weighted by Gasteiger charge is 2.15. The zero-order chi connectivity index (χ0) is 24.9. The molecular formula is C27H30N6O3S. The van der Waals surface area contributed by atoms with Gasteiger partial charge in [-0.3, -0.25) is 4.90 Å². The Balaban J connectivity index is 1.20. The summed E-state index contributed by atoms with van der Waals surface area (Å²) < 4.78 is 17.2. The third kappa shape index (κ3) is 5.83. The maximum Gasteiger partial charge on any atom is 0.227 e. The van der Waals surface area contributed by atoms with E-state index in [9.17, 15) is 0 Å². The van der Waals surface area contributed by atoms with Crippen LogP contribution in [0.15, 0.2) is 54.2 Å². The Labute approximate surface area is 220 Å². The van der Waals surface area contributed by atoms with Crippen molar-refractivity contribution in [1.29, 1.82) is 0 Å². The molecule has 0 saturated carbocycles. The number of hydrogen-bond acceptors (Lipinski definition) is 10. The Kier molecular flexibility index (Phi) is 7.40. The van der Waals surface area contributed by atoms with Gasteiger partial charge in [0.05, 0.1) is 37.5 Å². The van der Waals surface area contributed by atoms with Crippen LogP contribution in [0.3, 0.4) is 0 Å². The molecule has 37 heavy (non-hydrogen) atoms. The van der Waals surface area contributed by atoms with Crippen LogP contribution in [-0.2, 0) is 9.47 Å². The molecule has 2 aliphatic heterocycles. The van der Waals surface area contributed by atoms with Crippen LogP contribution in [0.1, 0.15) is 0 Å². The minimum absolute atomic E-state index is 0.549. The summed E-state index contributed by atoms with van der Waals surface area (Å²) in [6, 6.07) is 12.4. The molecule has 6 rings (SSSR count). The Morgan fingerprint density at radius 3 is 2.49 bits per heavy atom. The van der Waals surface area contributed by atoms with E-state index in [1.165, 1.54) is 5.69 Å². The molecule has 2 aromatic heterocycles. The highest BCUT2D eigenvalue weighted by atomic mass is 32.1. The van der Waals surface area contributed by atoms with E-state index in [1.807, 2.05) is 23.8 Å². The summed E-state index contributed by atoms with van der Waals surface area (Å²) in [6.07, 6.45) is 3.66. The molecule has 0 radical (unpaired) electrons. The lowest BCUT2D eigenvalue weighted by Crippen LogP contribution is -2.38. The van der Waals surface area contributed by atoms with E-state index in [0.29, 0.717) is 12.6 Å². The largest absolute Gasteiger partial charge is 0.491 e. The van der Waals surface area contributed by atoms with E-state index < -0.39 is 0 Å². The lowest BCUT2D eigenvalue weighted by Gasteiger charge is -2.28. The van der Waals surface area contributed by atoms with E-state index in [-0.39, 0.29) is 0 Å². The fourth-order valence-electron chi connectivity index (χ4n) is 4.58. The van der Waals surface area contributed by atoms with Crippen LogP contribution in [0.5, 0.6) is 5.75 Å². The third-order valence-electron chi connectivity index (χ3n) is 6.61. The van der Waals surface area contributed by atoms with Crippen molar-refractivity contribution in [1.82, 2.24) is 19.9 Å². The summed E-state index contributed by atoms with van der Waals surface area (Å²) in [5, 5.41) is 7.18. The average molecular weight is 519 g/mol. The van der Waals surface area contributed by atoms with E-state index in [4.69, 9.17) is 19.2 Å². The predicted molar refractivity (Wildman–Crippen MR) is 146 cm³/mol. The molecule has 10 heteroatoms. The third-order valence-corrected chi connectivity index (χ3v) is 7.42. The smallest absolute Gasteiger partial charge is 0.227 e. The first kappa shape index (κ1) is 24.1. The van der Waals surface area contributed by atoms with Crippen molar-refractivity contribution in [2.75, 3.05) is 76.0 Å². The highest BCUT2D eigenvalue weighted by Crippen LogP contribution is 2.35. The zero-order valence-electron chi connectivity index (χ0n) is 20.6. The maximum absolute atomic E-state index is 6.29. The molecular weight excluding hydrogens is 488 g/mol. The fourth-order valence-corrected chi connectivity index (χ4v) is 5.24. The summed E-state index contributed by atoms with van der Waals surface area (Å²) in [5.41, 5.74) is 3.93. The first-order valence-electron chi connectivity index (χ1n) is 12.7. The molecule has 0 unspecified atom stereocenters. The lowest BCUT2D eigenvalue weighted by atomic mass is 10.1. The molecule has 2 aliphatic rings. The number of ether oxygens (including phenoxy) is 3. The van der Waals surface area contributed by atoms with Gasteiger partial charge in [-0.05, 0) is 30.3 Å². The Bertz CT molecular complexity index is 1310. The van der Waals surface area contributed by atoms with Gasteiger partial charge >= 0.3 is 0 Å². The van der Waals surface area contributed by atoms with Crippen molar-refractivity contribution < 1.29 is 14.2 Å². The van der Waals surface area contributed by atoms with Gasteiger partial charge in [-0.1, -0.05) is 0 Å². The minimum Gasteiger partial charge on any atom is -0.491 e. The molecule has 9 nitrogen and oxygen atoms in total. The van der Waals surface area contributed by atoms with E-state index >= 15 is 0 Å². The number of hydrogen-bond donors (Lipinski definition) is 1. The van der Waals surface area contributed by atoms with Crippen LogP contribution in [0.25, 0.3) is 21.5 Å². The van der Waals surface area contributed by atoms with Gasteiger partial charge in [0.25, 0.3) is 0 Å². The van der Waals surface area contributed by atoms with E-state index in [2.05, 4.69) is 55.4 Å². The number of fused-ring (bicyclic) bond motifs is 1. The standard InChI is InChI=1S/C27H30N6O3S/c1-3-22(33-9-13-35-14-10-33)4-2-21(1)30-27-29-19-20-17-23(26-28-5-16-37-26)25(18-24(20)31-27)36-15-8-32-6-11-34-12-7-32/h1-5,16-19H,6-15H2,(H,29,30,31). The summed E-state index contributed by atoms with van der Waals surface area (Å²) in [6.45, 7) is 8.27. The molecule has 4 heterocycles. The van der Waals surface area contributed by atoms with Crippen molar-refractivity contribution >= 4 is 39.6 Å². The molecule has 4 aromatic rings. The van der Waals surface area contributed by atoms with Crippen molar-refractivity contribution in [3.05, 3.63) is 54.2 Å². The number of morpholine rings is 2. The topological polar surface area (TPSA) is 84.9 Å². The minimum atomic E-state index is 0.549. The summed E-state index contributed by atoms with van der Waals surface area (Å²) in [5.74, 6) is 1.34. The predicted octanol–water partition coefficient (Wildman–Crippen LogP) is 4.04. The van der Waals surface area contributed by atoms with Crippen LogP contribution in [0.2, 0.25) is 0 Å². The molecule has 0 amide bonds. The number of benzene rings is 2. The summed E-state index contributed by atoms with van der Waals surface area (Å²) in [4.78, 5) is 18.6. The fraction of sp³-hybridized carbons (Fsp3) is 0.370. The Morgan fingerprint density at radius 1 is 0.946 bits per heavy atom. The van der Waals surface area contributed by atoms with Gasteiger partial charge in [-0.15, -0.1) is 11.3 Å². The normalized spacial score (nSPS) is 16.7. The van der Waals surface area contributed by atoms with Crippen molar-refractivity contribution in [2.24, 2.45) is 0 Å². The van der Waals surface area contributed by atoms with Gasteiger partial charge in [0.1, 0.15) is 17.4 Å². The van der Waals surface area contributed by atoms with Crippen LogP contribution < -0.4 is 15.0 Å². The van der Waals surface area contributed by atoms with Gasteiger partial charge in [-0.25, -0.2) is 15.0 Å². The highest BCUT2D eigenvalue weighted by molar-refractivity contribution is 7.13. The van der Waals surface area contributed by atoms with Gasteiger partial charge in [0, 0.05) is 73.3 Å². The monoisotopic (exact) mass is 518 g/mol. The van der Waals surface area contributed by atoms with Gasteiger partial charge < -0.3 is 24.4 Å². The van der Waals surface area contributed by atoms with Gasteiger partial charge in [0.15, 0.2) is 0 Å². The second kappa shape index (κ2) is 11.4. The van der Waals surface area contributed by atoms with Crippen LogP contribution in [-0.4, -0.2) is 85.6 Å².